The number of carboxylic acids is 2. The molecule has 0 spiro atoms. The number of aliphatic carboxylic acids is 2. The van der Waals surface area contributed by atoms with E-state index in [1.54, 1.807) is 0 Å². The van der Waals surface area contributed by atoms with E-state index in [0.717, 1.165) is 25.9 Å². The Hall–Kier alpha value is -1.14. The van der Waals surface area contributed by atoms with Gasteiger partial charge in [-0.1, -0.05) is 0 Å². The van der Waals surface area contributed by atoms with Gasteiger partial charge in [-0.2, -0.15) is 0 Å². The molecule has 1 aliphatic rings. The zero-order valence-corrected chi connectivity index (χ0v) is 6.97. The van der Waals surface area contributed by atoms with Crippen LogP contribution >= 0.6 is 0 Å². The number of rotatable bonds is 0. The Morgan fingerprint density at radius 1 is 1.15 bits per heavy atom. The number of carboxylic acid groups (broad SMARTS) is 2. The lowest BCUT2D eigenvalue weighted by Crippen LogP contribution is -2.17. The molecule has 6 nitrogen and oxygen atoms in total. The van der Waals surface area contributed by atoms with E-state index in [4.69, 9.17) is 29.6 Å². The van der Waals surface area contributed by atoms with Gasteiger partial charge in [0.15, 0.2) is 6.29 Å². The summed E-state index contributed by atoms with van der Waals surface area (Å²) in [5, 5.41) is 23.5. The molecule has 1 aliphatic heterocycles. The number of aliphatic hydroxyl groups is 1. The molecule has 0 aromatic heterocycles. The first-order valence-corrected chi connectivity index (χ1v) is 3.80. The maximum absolute atomic E-state index is 9.10. The summed E-state index contributed by atoms with van der Waals surface area (Å²) in [6.45, 7) is 0.737. The van der Waals surface area contributed by atoms with Crippen molar-refractivity contribution in [3.63, 3.8) is 0 Å². The molecule has 1 rings (SSSR count). The zero-order valence-electron chi connectivity index (χ0n) is 6.97. The van der Waals surface area contributed by atoms with Gasteiger partial charge in [-0.3, -0.25) is 0 Å². The Balaban J connectivity index is 0.000000226. The number of aliphatic hydroxyl groups excluding tert-OH is 1. The number of ether oxygens (including phenoxy) is 1. The first-order valence-electron chi connectivity index (χ1n) is 3.80. The summed E-state index contributed by atoms with van der Waals surface area (Å²) < 4.78 is 4.83. The molecule has 6 heteroatoms. The maximum atomic E-state index is 9.10. The lowest BCUT2D eigenvalue weighted by Gasteiger charge is -2.16. The first-order chi connectivity index (χ1) is 6.04. The molecule has 0 amide bonds. The summed E-state index contributed by atoms with van der Waals surface area (Å²) in [4.78, 5) is 18.2. The van der Waals surface area contributed by atoms with Crippen LogP contribution in [0.1, 0.15) is 19.3 Å². The van der Waals surface area contributed by atoms with Crippen molar-refractivity contribution in [1.82, 2.24) is 0 Å². The molecule has 0 saturated carbocycles. The third-order valence-corrected chi connectivity index (χ3v) is 1.34. The lowest BCUT2D eigenvalue weighted by molar-refractivity contribution is -0.159. The highest BCUT2D eigenvalue weighted by Crippen LogP contribution is 2.08. The zero-order chi connectivity index (χ0) is 10.3. The Morgan fingerprint density at radius 2 is 1.69 bits per heavy atom. The monoisotopic (exact) mass is 192 g/mol. The van der Waals surface area contributed by atoms with Crippen LogP contribution < -0.4 is 0 Å². The van der Waals surface area contributed by atoms with Crippen molar-refractivity contribution in [3.8, 4) is 0 Å². The quantitative estimate of drug-likeness (QED) is 0.453. The van der Waals surface area contributed by atoms with Gasteiger partial charge in [0.25, 0.3) is 0 Å². The average Bonchev–Trinajstić information content (AvgIpc) is 2.06. The molecule has 0 bridgehead atoms. The second kappa shape index (κ2) is 6.38. The van der Waals surface area contributed by atoms with Crippen LogP contribution in [0.4, 0.5) is 0 Å². The molecule has 76 valence electrons. The van der Waals surface area contributed by atoms with Crippen molar-refractivity contribution in [2.75, 3.05) is 6.61 Å². The largest absolute Gasteiger partial charge is 0.473 e. The fourth-order valence-corrected chi connectivity index (χ4v) is 0.724. The summed E-state index contributed by atoms with van der Waals surface area (Å²) in [7, 11) is 0. The molecule has 1 saturated heterocycles. The molecule has 13 heavy (non-hydrogen) atoms. The third-order valence-electron chi connectivity index (χ3n) is 1.34. The van der Waals surface area contributed by atoms with Crippen LogP contribution in [0.2, 0.25) is 0 Å². The van der Waals surface area contributed by atoms with E-state index in [9.17, 15) is 0 Å². The standard InChI is InChI=1S/C5H10O2.C2H2O4/c6-5-3-1-2-4-7-5;3-1(4)2(5)6/h5-6H,1-4H2;(H,3,4)(H,5,6). The summed E-state index contributed by atoms with van der Waals surface area (Å²) in [5.74, 6) is -3.65. The molecule has 0 aliphatic carbocycles. The van der Waals surface area contributed by atoms with Crippen LogP contribution in [-0.2, 0) is 14.3 Å². The fraction of sp³-hybridized carbons (Fsp3) is 0.714. The molecule has 0 radical (unpaired) electrons. The minimum Gasteiger partial charge on any atom is -0.473 e. The van der Waals surface area contributed by atoms with Crippen molar-refractivity contribution in [1.29, 1.82) is 0 Å². The fourth-order valence-electron chi connectivity index (χ4n) is 0.724. The van der Waals surface area contributed by atoms with Crippen molar-refractivity contribution >= 4 is 11.9 Å². The van der Waals surface area contributed by atoms with E-state index in [1.165, 1.54) is 0 Å². The highest BCUT2D eigenvalue weighted by molar-refractivity contribution is 6.27. The van der Waals surface area contributed by atoms with Crippen LogP contribution in [0.5, 0.6) is 0 Å². The van der Waals surface area contributed by atoms with Crippen molar-refractivity contribution < 1.29 is 29.6 Å². The normalized spacial score (nSPS) is 21.2. The van der Waals surface area contributed by atoms with E-state index in [0.29, 0.717) is 0 Å². The number of carbonyl (C=O) groups is 2. The predicted molar refractivity (Wildman–Crippen MR) is 41.1 cm³/mol. The lowest BCUT2D eigenvalue weighted by atomic mass is 10.2. The van der Waals surface area contributed by atoms with E-state index < -0.39 is 18.2 Å². The first kappa shape index (κ1) is 11.9. The molecule has 1 heterocycles. The third kappa shape index (κ3) is 7.23. The summed E-state index contributed by atoms with van der Waals surface area (Å²) in [5.41, 5.74) is 0. The van der Waals surface area contributed by atoms with Crippen LogP contribution in [-0.4, -0.2) is 40.2 Å². The Labute approximate surface area is 74.7 Å². The van der Waals surface area contributed by atoms with Gasteiger partial charge in [-0.15, -0.1) is 0 Å². The second-order valence-electron chi connectivity index (χ2n) is 2.43. The Kier molecular flexibility index (Phi) is 5.82. The summed E-state index contributed by atoms with van der Waals surface area (Å²) >= 11 is 0. The van der Waals surface area contributed by atoms with E-state index >= 15 is 0 Å². The van der Waals surface area contributed by atoms with Gasteiger partial charge in [0.2, 0.25) is 0 Å². The second-order valence-corrected chi connectivity index (χ2v) is 2.43. The maximum Gasteiger partial charge on any atom is 0.414 e. The summed E-state index contributed by atoms with van der Waals surface area (Å²) in [6, 6.07) is 0. The molecule has 0 aromatic carbocycles. The Bertz CT molecular complexity index is 160. The number of hydrogen-bond donors (Lipinski definition) is 3. The molecule has 1 unspecified atom stereocenters. The van der Waals surface area contributed by atoms with E-state index in [2.05, 4.69) is 0 Å². The van der Waals surface area contributed by atoms with Gasteiger partial charge in [0.1, 0.15) is 0 Å². The van der Waals surface area contributed by atoms with Gasteiger partial charge >= 0.3 is 11.9 Å². The topological polar surface area (TPSA) is 104 Å². The molecular formula is C7H12O6. The van der Waals surface area contributed by atoms with Crippen LogP contribution in [0.15, 0.2) is 0 Å². The minimum atomic E-state index is -1.82. The van der Waals surface area contributed by atoms with Gasteiger partial charge in [0, 0.05) is 6.61 Å². The number of hydrogen-bond acceptors (Lipinski definition) is 4. The predicted octanol–water partition coefficient (Wildman–Crippen LogP) is -0.339. The SMILES string of the molecule is O=C(O)C(=O)O.OC1CCCCO1. The van der Waals surface area contributed by atoms with Crippen molar-refractivity contribution in [2.24, 2.45) is 0 Å². The molecule has 0 aromatic rings. The van der Waals surface area contributed by atoms with Gasteiger partial charge in [0.05, 0.1) is 0 Å². The van der Waals surface area contributed by atoms with Crippen LogP contribution in [0.3, 0.4) is 0 Å². The molecular weight excluding hydrogens is 180 g/mol. The Morgan fingerprint density at radius 3 is 1.85 bits per heavy atom. The van der Waals surface area contributed by atoms with Crippen molar-refractivity contribution in [2.45, 2.75) is 25.6 Å². The minimum absolute atomic E-state index is 0.464. The molecule has 1 fully saturated rings. The van der Waals surface area contributed by atoms with Crippen molar-refractivity contribution in [3.05, 3.63) is 0 Å². The summed E-state index contributed by atoms with van der Waals surface area (Å²) in [6.07, 6.45) is 2.58. The van der Waals surface area contributed by atoms with Gasteiger partial charge in [-0.25, -0.2) is 9.59 Å². The van der Waals surface area contributed by atoms with E-state index in [-0.39, 0.29) is 0 Å². The van der Waals surface area contributed by atoms with Gasteiger partial charge < -0.3 is 20.1 Å². The van der Waals surface area contributed by atoms with Gasteiger partial charge in [-0.05, 0) is 19.3 Å². The van der Waals surface area contributed by atoms with Crippen LogP contribution in [0, 0.1) is 0 Å². The van der Waals surface area contributed by atoms with Crippen LogP contribution in [0.25, 0.3) is 0 Å². The molecule has 1 atom stereocenters. The highest BCUT2D eigenvalue weighted by Gasteiger charge is 2.07. The smallest absolute Gasteiger partial charge is 0.414 e. The average molecular weight is 192 g/mol. The van der Waals surface area contributed by atoms with E-state index in [1.807, 2.05) is 0 Å². The molecule has 3 N–H and O–H groups in total. The highest BCUT2D eigenvalue weighted by atomic mass is 16.6.